The van der Waals surface area contributed by atoms with Crippen LogP contribution in [-0.2, 0) is 9.53 Å². The van der Waals surface area contributed by atoms with Gasteiger partial charge in [-0.3, -0.25) is 4.79 Å². The van der Waals surface area contributed by atoms with Crippen LogP contribution in [0.1, 0.15) is 20.3 Å². The smallest absolute Gasteiger partial charge is 0.328 e. The summed E-state index contributed by atoms with van der Waals surface area (Å²) in [5.74, 6) is 0.0600. The molecule has 1 atom stereocenters. The van der Waals surface area contributed by atoms with Crippen molar-refractivity contribution in [3.63, 3.8) is 0 Å². The van der Waals surface area contributed by atoms with E-state index in [2.05, 4.69) is 15.3 Å². The lowest BCUT2D eigenvalue weighted by Crippen LogP contribution is -2.33. The number of nitrogen functional groups attached to an aromatic ring is 1. The molecule has 1 heterocycles. The average molecular weight is 254 g/mol. The number of carbonyl (C=O) groups is 1. The second-order valence-corrected chi connectivity index (χ2v) is 4.34. The Kier molecular flexibility index (Phi) is 4.70. The van der Waals surface area contributed by atoms with Crippen molar-refractivity contribution in [1.82, 2.24) is 9.97 Å². The fourth-order valence-electron chi connectivity index (χ4n) is 1.52. The van der Waals surface area contributed by atoms with Crippen LogP contribution in [0.25, 0.3) is 0 Å². The van der Waals surface area contributed by atoms with E-state index < -0.39 is 17.6 Å². The summed E-state index contributed by atoms with van der Waals surface area (Å²) in [5.41, 5.74) is 5.09. The van der Waals surface area contributed by atoms with Crippen LogP contribution in [0.15, 0.2) is 11.1 Å². The summed E-state index contributed by atoms with van der Waals surface area (Å²) in [7, 11) is 1.31. The van der Waals surface area contributed by atoms with Crippen LogP contribution in [-0.4, -0.2) is 29.1 Å². The molecular weight excluding hydrogens is 236 g/mol. The molecule has 1 aromatic rings. The molecule has 18 heavy (non-hydrogen) atoms. The number of ether oxygens (including phenoxy) is 1. The number of nitrogens with one attached hydrogen (secondary N) is 2. The molecule has 0 aliphatic rings. The molecule has 7 heteroatoms. The zero-order valence-corrected chi connectivity index (χ0v) is 10.7. The van der Waals surface area contributed by atoms with E-state index in [0.29, 0.717) is 6.42 Å². The summed E-state index contributed by atoms with van der Waals surface area (Å²) in [6.07, 6.45) is 1.78. The van der Waals surface area contributed by atoms with E-state index in [1.54, 1.807) is 0 Å². The van der Waals surface area contributed by atoms with Crippen LogP contribution in [0.5, 0.6) is 0 Å². The van der Waals surface area contributed by atoms with Crippen molar-refractivity contribution >= 4 is 17.5 Å². The summed E-state index contributed by atoms with van der Waals surface area (Å²) in [5, 5.41) is 2.84. The second-order valence-electron chi connectivity index (χ2n) is 4.34. The van der Waals surface area contributed by atoms with E-state index in [4.69, 9.17) is 10.5 Å². The predicted octanol–water partition coefficient (Wildman–Crippen LogP) is 0.352. The van der Waals surface area contributed by atoms with Crippen LogP contribution < -0.4 is 16.6 Å². The molecule has 0 saturated carbocycles. The third-order valence-corrected chi connectivity index (χ3v) is 2.39. The lowest BCUT2D eigenvalue weighted by atomic mass is 10.0. The molecule has 0 aliphatic heterocycles. The van der Waals surface area contributed by atoms with Gasteiger partial charge < -0.3 is 20.8 Å². The lowest BCUT2D eigenvalue weighted by Gasteiger charge is -2.19. The summed E-state index contributed by atoms with van der Waals surface area (Å²) in [6.45, 7) is 3.96. The van der Waals surface area contributed by atoms with Crippen molar-refractivity contribution in [2.24, 2.45) is 5.92 Å². The molecule has 100 valence electrons. The molecule has 0 bridgehead atoms. The van der Waals surface area contributed by atoms with Gasteiger partial charge in [0.05, 0.1) is 13.4 Å². The van der Waals surface area contributed by atoms with E-state index in [1.165, 1.54) is 13.4 Å². The van der Waals surface area contributed by atoms with Gasteiger partial charge in [-0.15, -0.1) is 0 Å². The Bertz CT molecular complexity index is 470. The SMILES string of the molecule is COC(=O)C(CC(C)C)Nc1nc[nH]c(=O)c1N. The molecule has 0 aromatic carbocycles. The van der Waals surface area contributed by atoms with Crippen LogP contribution in [0.2, 0.25) is 0 Å². The third-order valence-electron chi connectivity index (χ3n) is 2.39. The number of nitrogens with two attached hydrogens (primary N) is 1. The van der Waals surface area contributed by atoms with E-state index in [9.17, 15) is 9.59 Å². The van der Waals surface area contributed by atoms with Crippen LogP contribution >= 0.6 is 0 Å². The Balaban J connectivity index is 2.92. The number of esters is 1. The fourth-order valence-corrected chi connectivity index (χ4v) is 1.52. The van der Waals surface area contributed by atoms with Crippen molar-refractivity contribution in [3.8, 4) is 0 Å². The minimum Gasteiger partial charge on any atom is -0.467 e. The normalized spacial score (nSPS) is 12.2. The van der Waals surface area contributed by atoms with Crippen LogP contribution in [0, 0.1) is 5.92 Å². The molecule has 0 fully saturated rings. The van der Waals surface area contributed by atoms with Gasteiger partial charge in [-0.1, -0.05) is 13.8 Å². The van der Waals surface area contributed by atoms with Gasteiger partial charge in [-0.2, -0.15) is 0 Å². The highest BCUT2D eigenvalue weighted by molar-refractivity contribution is 5.80. The Morgan fingerprint density at radius 3 is 2.83 bits per heavy atom. The van der Waals surface area contributed by atoms with Gasteiger partial charge in [0.25, 0.3) is 5.56 Å². The molecule has 0 aliphatic carbocycles. The van der Waals surface area contributed by atoms with Crippen molar-refractivity contribution in [1.29, 1.82) is 0 Å². The highest BCUT2D eigenvalue weighted by atomic mass is 16.5. The number of anilines is 2. The number of hydrogen-bond donors (Lipinski definition) is 3. The Morgan fingerprint density at radius 1 is 1.61 bits per heavy atom. The van der Waals surface area contributed by atoms with E-state index >= 15 is 0 Å². The topological polar surface area (TPSA) is 110 Å². The average Bonchev–Trinajstić information content (AvgIpc) is 2.32. The first-order valence-electron chi connectivity index (χ1n) is 5.63. The first-order chi connectivity index (χ1) is 8.45. The van der Waals surface area contributed by atoms with Gasteiger partial charge in [-0.25, -0.2) is 9.78 Å². The molecule has 0 amide bonds. The second kappa shape index (κ2) is 6.04. The number of hydrogen-bond acceptors (Lipinski definition) is 6. The van der Waals surface area contributed by atoms with E-state index in [0.717, 1.165) is 0 Å². The molecule has 1 aromatic heterocycles. The quantitative estimate of drug-likeness (QED) is 0.654. The molecule has 4 N–H and O–H groups in total. The largest absolute Gasteiger partial charge is 0.467 e. The van der Waals surface area contributed by atoms with Gasteiger partial charge in [0, 0.05) is 0 Å². The molecule has 7 nitrogen and oxygen atoms in total. The summed E-state index contributed by atoms with van der Waals surface area (Å²) >= 11 is 0. The zero-order chi connectivity index (χ0) is 13.7. The highest BCUT2D eigenvalue weighted by Gasteiger charge is 2.22. The molecule has 1 rings (SSSR count). The van der Waals surface area contributed by atoms with Crippen molar-refractivity contribution < 1.29 is 9.53 Å². The van der Waals surface area contributed by atoms with Crippen molar-refractivity contribution in [2.45, 2.75) is 26.3 Å². The maximum absolute atomic E-state index is 11.6. The first-order valence-corrected chi connectivity index (χ1v) is 5.63. The van der Waals surface area contributed by atoms with Gasteiger partial charge in [-0.05, 0) is 12.3 Å². The summed E-state index contributed by atoms with van der Waals surface area (Å²) < 4.78 is 4.70. The number of carbonyl (C=O) groups excluding carboxylic acids is 1. The van der Waals surface area contributed by atoms with Crippen LogP contribution in [0.3, 0.4) is 0 Å². The van der Waals surface area contributed by atoms with Crippen molar-refractivity contribution in [2.75, 3.05) is 18.2 Å². The van der Waals surface area contributed by atoms with Gasteiger partial charge in [0.1, 0.15) is 11.7 Å². The van der Waals surface area contributed by atoms with E-state index in [1.807, 2.05) is 13.8 Å². The summed E-state index contributed by atoms with van der Waals surface area (Å²) in [6, 6.07) is -0.577. The summed E-state index contributed by atoms with van der Waals surface area (Å²) in [4.78, 5) is 29.2. The van der Waals surface area contributed by atoms with Crippen molar-refractivity contribution in [3.05, 3.63) is 16.7 Å². The molecule has 0 saturated heterocycles. The highest BCUT2D eigenvalue weighted by Crippen LogP contribution is 2.14. The van der Waals surface area contributed by atoms with Gasteiger partial charge in [0.15, 0.2) is 5.82 Å². The van der Waals surface area contributed by atoms with Gasteiger partial charge >= 0.3 is 5.97 Å². The number of aromatic nitrogens is 2. The maximum atomic E-state index is 11.6. The molecule has 0 radical (unpaired) electrons. The monoisotopic (exact) mass is 254 g/mol. The Morgan fingerprint density at radius 2 is 2.28 bits per heavy atom. The number of methoxy groups -OCH3 is 1. The number of H-pyrrole nitrogens is 1. The number of rotatable bonds is 5. The van der Waals surface area contributed by atoms with Crippen LogP contribution in [0.4, 0.5) is 11.5 Å². The molecule has 1 unspecified atom stereocenters. The minimum atomic E-state index is -0.577. The first kappa shape index (κ1) is 14.0. The third kappa shape index (κ3) is 3.47. The Labute approximate surface area is 105 Å². The van der Waals surface area contributed by atoms with Gasteiger partial charge in [0.2, 0.25) is 0 Å². The van der Waals surface area contributed by atoms with E-state index in [-0.39, 0.29) is 17.4 Å². The lowest BCUT2D eigenvalue weighted by molar-refractivity contribution is -0.141. The zero-order valence-electron chi connectivity index (χ0n) is 10.7. The minimum absolute atomic E-state index is 0.0461. The fraction of sp³-hybridized carbons (Fsp3) is 0.545. The molecule has 0 spiro atoms. The molecular formula is C11H18N4O3. The maximum Gasteiger partial charge on any atom is 0.328 e. The predicted molar refractivity (Wildman–Crippen MR) is 68.2 cm³/mol. The number of nitrogens with zero attached hydrogens (tertiary/aromatic N) is 1. The number of aromatic amines is 1. The Hall–Kier alpha value is -2.05. The standard InChI is InChI=1S/C11H18N4O3/c1-6(2)4-7(11(17)18-3)15-9-8(12)10(16)14-5-13-9/h5-7H,4,12H2,1-3H3,(H2,13,14,15,16).